The number of halogens is 1. The number of pyridine rings is 1. The van der Waals surface area contributed by atoms with Crippen LogP contribution in [0.2, 0.25) is 0 Å². The molecular formula is C15H18BrNO. The smallest absolute Gasteiger partial charge is 0.217 e. The van der Waals surface area contributed by atoms with Gasteiger partial charge in [0.05, 0.1) is 12.8 Å². The maximum atomic E-state index is 5.42. The van der Waals surface area contributed by atoms with Crippen LogP contribution < -0.4 is 4.74 Å². The molecule has 2 aliphatic carbocycles. The molecule has 1 aromatic rings. The van der Waals surface area contributed by atoms with Crippen molar-refractivity contribution in [2.24, 2.45) is 5.92 Å². The van der Waals surface area contributed by atoms with Crippen LogP contribution in [0.25, 0.3) is 4.48 Å². The Bertz CT molecular complexity index is 475. The van der Waals surface area contributed by atoms with Crippen molar-refractivity contribution in [1.29, 1.82) is 0 Å². The summed E-state index contributed by atoms with van der Waals surface area (Å²) in [5, 5.41) is 0. The lowest BCUT2D eigenvalue weighted by atomic mass is 9.85. The molecule has 18 heavy (non-hydrogen) atoms. The van der Waals surface area contributed by atoms with Crippen molar-refractivity contribution in [2.45, 2.75) is 38.0 Å². The molecule has 3 rings (SSSR count). The van der Waals surface area contributed by atoms with Crippen molar-refractivity contribution in [3.05, 3.63) is 29.5 Å². The topological polar surface area (TPSA) is 22.1 Å². The quantitative estimate of drug-likeness (QED) is 0.817. The molecule has 2 fully saturated rings. The maximum absolute atomic E-state index is 5.42. The molecule has 3 heteroatoms. The number of aromatic nitrogens is 1. The molecule has 2 saturated carbocycles. The van der Waals surface area contributed by atoms with Crippen LogP contribution in [0.3, 0.4) is 0 Å². The van der Waals surface area contributed by atoms with Crippen molar-refractivity contribution in [3.63, 3.8) is 0 Å². The van der Waals surface area contributed by atoms with Crippen molar-refractivity contribution in [3.8, 4) is 5.88 Å². The molecule has 0 bridgehead atoms. The van der Waals surface area contributed by atoms with E-state index in [1.165, 1.54) is 37.7 Å². The second-order valence-corrected chi connectivity index (χ2v) is 6.13. The molecule has 96 valence electrons. The molecule has 2 aliphatic rings. The fourth-order valence-electron chi connectivity index (χ4n) is 2.35. The maximum Gasteiger partial charge on any atom is 0.217 e. The predicted molar refractivity (Wildman–Crippen MR) is 77.0 cm³/mol. The van der Waals surface area contributed by atoms with Crippen LogP contribution in [-0.2, 0) is 0 Å². The molecule has 0 aliphatic heterocycles. The first-order chi connectivity index (χ1) is 8.78. The standard InChI is InChI=1S/C15H18BrNO/c1-18-15-12(11-5-6-11)7-8-14(17-15)13(16)9-10-3-2-4-10/h7-11H,2-6H2,1H3. The number of rotatable bonds is 4. The Morgan fingerprint density at radius 1 is 1.33 bits per heavy atom. The Morgan fingerprint density at radius 3 is 2.67 bits per heavy atom. The summed E-state index contributed by atoms with van der Waals surface area (Å²) < 4.78 is 6.53. The molecule has 0 radical (unpaired) electrons. The highest BCUT2D eigenvalue weighted by atomic mass is 79.9. The third-order valence-corrected chi connectivity index (χ3v) is 4.55. The minimum absolute atomic E-state index is 0.677. The SMILES string of the molecule is COc1nc(C(Br)=CC2CCC2)ccc1C1CC1. The van der Waals surface area contributed by atoms with Gasteiger partial charge in [0.1, 0.15) is 0 Å². The van der Waals surface area contributed by atoms with Crippen LogP contribution in [0.15, 0.2) is 18.2 Å². The number of hydrogen-bond donors (Lipinski definition) is 0. The molecule has 0 saturated heterocycles. The fraction of sp³-hybridized carbons (Fsp3) is 0.533. The van der Waals surface area contributed by atoms with Crippen molar-refractivity contribution in [1.82, 2.24) is 4.98 Å². The Morgan fingerprint density at radius 2 is 2.11 bits per heavy atom. The minimum Gasteiger partial charge on any atom is -0.481 e. The normalized spacial score (nSPS) is 20.7. The molecular weight excluding hydrogens is 290 g/mol. The van der Waals surface area contributed by atoms with Gasteiger partial charge >= 0.3 is 0 Å². The van der Waals surface area contributed by atoms with Crippen molar-refractivity contribution >= 4 is 20.4 Å². The van der Waals surface area contributed by atoms with Gasteiger partial charge in [-0.05, 0) is 59.5 Å². The van der Waals surface area contributed by atoms with Gasteiger partial charge in [0.2, 0.25) is 5.88 Å². The first kappa shape index (κ1) is 12.2. The number of methoxy groups -OCH3 is 1. The highest BCUT2D eigenvalue weighted by Gasteiger charge is 2.27. The fourth-order valence-corrected chi connectivity index (χ4v) is 2.95. The summed E-state index contributed by atoms with van der Waals surface area (Å²) in [5.74, 6) is 2.21. The third kappa shape index (κ3) is 2.46. The van der Waals surface area contributed by atoms with Gasteiger partial charge < -0.3 is 4.74 Å². The van der Waals surface area contributed by atoms with Gasteiger partial charge in [-0.25, -0.2) is 4.98 Å². The van der Waals surface area contributed by atoms with Gasteiger partial charge in [-0.1, -0.05) is 18.6 Å². The lowest BCUT2D eigenvalue weighted by molar-refractivity contribution is 0.388. The molecule has 1 aromatic heterocycles. The van der Waals surface area contributed by atoms with Gasteiger partial charge in [0.25, 0.3) is 0 Å². The van der Waals surface area contributed by atoms with Crippen LogP contribution in [0.4, 0.5) is 0 Å². The Kier molecular flexibility index (Phi) is 3.42. The lowest BCUT2D eigenvalue weighted by Crippen LogP contribution is -2.07. The minimum atomic E-state index is 0.677. The second kappa shape index (κ2) is 5.04. The molecule has 0 spiro atoms. The van der Waals surface area contributed by atoms with E-state index in [4.69, 9.17) is 4.74 Å². The van der Waals surface area contributed by atoms with Crippen LogP contribution in [0.1, 0.15) is 49.3 Å². The lowest BCUT2D eigenvalue weighted by Gasteiger charge is -2.22. The van der Waals surface area contributed by atoms with Gasteiger partial charge in [0, 0.05) is 10.0 Å². The zero-order valence-corrected chi connectivity index (χ0v) is 12.2. The van der Waals surface area contributed by atoms with Crippen LogP contribution >= 0.6 is 15.9 Å². The molecule has 0 unspecified atom stereocenters. The van der Waals surface area contributed by atoms with E-state index in [-0.39, 0.29) is 0 Å². The van der Waals surface area contributed by atoms with Crippen molar-refractivity contribution < 1.29 is 4.74 Å². The Balaban J connectivity index is 1.85. The van der Waals surface area contributed by atoms with E-state index in [1.54, 1.807) is 7.11 Å². The zero-order chi connectivity index (χ0) is 12.5. The molecule has 1 heterocycles. The van der Waals surface area contributed by atoms with E-state index in [0.29, 0.717) is 5.92 Å². The number of nitrogens with zero attached hydrogens (tertiary/aromatic N) is 1. The van der Waals surface area contributed by atoms with E-state index >= 15 is 0 Å². The summed E-state index contributed by atoms with van der Waals surface area (Å²) in [5.41, 5.74) is 2.26. The highest BCUT2D eigenvalue weighted by Crippen LogP contribution is 2.44. The zero-order valence-electron chi connectivity index (χ0n) is 10.7. The summed E-state index contributed by atoms with van der Waals surface area (Å²) >= 11 is 3.64. The van der Waals surface area contributed by atoms with E-state index in [1.807, 2.05) is 0 Å². The summed E-state index contributed by atoms with van der Waals surface area (Å²) in [6, 6.07) is 4.28. The second-order valence-electron chi connectivity index (χ2n) is 5.27. The van der Waals surface area contributed by atoms with E-state index < -0.39 is 0 Å². The van der Waals surface area contributed by atoms with Crippen LogP contribution in [0.5, 0.6) is 5.88 Å². The van der Waals surface area contributed by atoms with Gasteiger partial charge in [-0.2, -0.15) is 0 Å². The van der Waals surface area contributed by atoms with Gasteiger partial charge in [-0.15, -0.1) is 0 Å². The largest absolute Gasteiger partial charge is 0.481 e. The molecule has 0 atom stereocenters. The van der Waals surface area contributed by atoms with Gasteiger partial charge in [0.15, 0.2) is 0 Å². The average Bonchev–Trinajstić information content (AvgIpc) is 3.17. The molecule has 0 amide bonds. The third-order valence-electron chi connectivity index (χ3n) is 3.88. The predicted octanol–water partition coefficient (Wildman–Crippen LogP) is 4.50. The summed E-state index contributed by atoms with van der Waals surface area (Å²) in [6.07, 6.45) is 8.83. The first-order valence-corrected chi connectivity index (χ1v) is 7.50. The summed E-state index contributed by atoms with van der Waals surface area (Å²) in [4.78, 5) is 4.63. The number of allylic oxidation sites excluding steroid dienone is 1. The molecule has 0 aromatic carbocycles. The summed E-state index contributed by atoms with van der Waals surface area (Å²) in [7, 11) is 1.71. The number of ether oxygens (including phenoxy) is 1. The summed E-state index contributed by atoms with van der Waals surface area (Å²) in [6.45, 7) is 0. The molecule has 2 nitrogen and oxygen atoms in total. The Labute approximate surface area is 117 Å². The highest BCUT2D eigenvalue weighted by molar-refractivity contribution is 9.15. The molecule has 0 N–H and O–H groups in total. The van der Waals surface area contributed by atoms with E-state index in [0.717, 1.165) is 22.0 Å². The monoisotopic (exact) mass is 307 g/mol. The van der Waals surface area contributed by atoms with Crippen molar-refractivity contribution in [2.75, 3.05) is 7.11 Å². The van der Waals surface area contributed by atoms with Crippen LogP contribution in [0, 0.1) is 5.92 Å². The van der Waals surface area contributed by atoms with Gasteiger partial charge in [-0.3, -0.25) is 0 Å². The average molecular weight is 308 g/mol. The first-order valence-electron chi connectivity index (χ1n) is 6.70. The van der Waals surface area contributed by atoms with Crippen LogP contribution in [-0.4, -0.2) is 12.1 Å². The van der Waals surface area contributed by atoms with E-state index in [9.17, 15) is 0 Å². The Hall–Kier alpha value is -0.830. The number of hydrogen-bond acceptors (Lipinski definition) is 2. The van der Waals surface area contributed by atoms with E-state index in [2.05, 4.69) is 39.1 Å².